The van der Waals surface area contributed by atoms with Crippen LogP contribution in [-0.2, 0) is 0 Å². The van der Waals surface area contributed by atoms with Gasteiger partial charge < -0.3 is 10.4 Å². The minimum absolute atomic E-state index is 0.0743. The van der Waals surface area contributed by atoms with E-state index in [4.69, 9.17) is 0 Å². The fourth-order valence-corrected chi connectivity index (χ4v) is 2.95. The molecule has 1 aromatic rings. The first-order chi connectivity index (χ1) is 8.18. The van der Waals surface area contributed by atoms with Crippen molar-refractivity contribution in [2.75, 3.05) is 6.54 Å². The van der Waals surface area contributed by atoms with Gasteiger partial charge in [-0.25, -0.2) is 4.98 Å². The van der Waals surface area contributed by atoms with Crippen LogP contribution < -0.4 is 5.32 Å². The predicted molar refractivity (Wildman–Crippen MR) is 65.2 cm³/mol. The van der Waals surface area contributed by atoms with Crippen LogP contribution in [0.1, 0.15) is 53.4 Å². The normalized spacial score (nSPS) is 21.9. The summed E-state index contributed by atoms with van der Waals surface area (Å²) < 4.78 is 0. The molecule has 4 nitrogen and oxygen atoms in total. The monoisotopic (exact) mass is 252 g/mol. The third-order valence-corrected chi connectivity index (χ3v) is 4.47. The van der Waals surface area contributed by atoms with E-state index in [1.165, 1.54) is 11.3 Å². The third kappa shape index (κ3) is 2.21. The van der Waals surface area contributed by atoms with Gasteiger partial charge in [0.25, 0.3) is 5.91 Å². The highest BCUT2D eigenvalue weighted by molar-refractivity contribution is 7.11. The summed E-state index contributed by atoms with van der Waals surface area (Å²) in [5.74, 6) is 0.420. The molecule has 0 saturated heterocycles. The van der Waals surface area contributed by atoms with Crippen molar-refractivity contribution >= 4 is 17.2 Å². The molecule has 17 heavy (non-hydrogen) atoms. The Labute approximate surface area is 104 Å². The van der Waals surface area contributed by atoms with Crippen molar-refractivity contribution in [3.8, 4) is 0 Å². The molecule has 1 heterocycles. The lowest BCUT2D eigenvalue weighted by molar-refractivity contribution is -0.0300. The molecule has 2 aliphatic carbocycles. The zero-order valence-electron chi connectivity index (χ0n) is 9.61. The standard InChI is InChI=1S/C12H16N2O2S/c15-11(13-6-12(16)4-1-5-12)10-9(8-2-3-8)14-7-17-10/h7-8,16H,1-6H2,(H,13,15). The van der Waals surface area contributed by atoms with Crippen LogP contribution in [0.3, 0.4) is 0 Å². The first kappa shape index (κ1) is 11.2. The van der Waals surface area contributed by atoms with E-state index in [1.807, 2.05) is 0 Å². The second-order valence-electron chi connectivity index (χ2n) is 5.10. The van der Waals surface area contributed by atoms with E-state index in [1.54, 1.807) is 5.51 Å². The largest absolute Gasteiger partial charge is 0.388 e. The van der Waals surface area contributed by atoms with Crippen LogP contribution in [0.4, 0.5) is 0 Å². The summed E-state index contributed by atoms with van der Waals surface area (Å²) in [4.78, 5) is 17.0. The molecule has 3 rings (SSSR count). The number of aliphatic hydroxyl groups is 1. The number of carbonyl (C=O) groups excluding carboxylic acids is 1. The average Bonchev–Trinajstić information content (AvgIpc) is 3.01. The summed E-state index contributed by atoms with van der Waals surface area (Å²) in [5.41, 5.74) is 2.04. The lowest BCUT2D eigenvalue weighted by Gasteiger charge is -2.36. The van der Waals surface area contributed by atoms with E-state index in [-0.39, 0.29) is 5.91 Å². The maximum absolute atomic E-state index is 12.0. The first-order valence-corrected chi connectivity index (χ1v) is 7.00. The SMILES string of the molecule is O=C(NCC1(O)CCC1)c1scnc1C1CC1. The van der Waals surface area contributed by atoms with Gasteiger partial charge in [0.05, 0.1) is 16.8 Å². The molecule has 0 spiro atoms. The number of aromatic nitrogens is 1. The molecule has 92 valence electrons. The molecule has 1 amide bonds. The van der Waals surface area contributed by atoms with Gasteiger partial charge >= 0.3 is 0 Å². The molecule has 0 atom stereocenters. The van der Waals surface area contributed by atoms with Gasteiger partial charge in [0, 0.05) is 12.5 Å². The number of thiazole rings is 1. The van der Waals surface area contributed by atoms with Crippen molar-refractivity contribution in [3.63, 3.8) is 0 Å². The smallest absolute Gasteiger partial charge is 0.263 e. The first-order valence-electron chi connectivity index (χ1n) is 6.12. The number of amides is 1. The Bertz CT molecular complexity index is 435. The van der Waals surface area contributed by atoms with Crippen molar-refractivity contribution in [2.24, 2.45) is 0 Å². The van der Waals surface area contributed by atoms with Crippen LogP contribution in [-0.4, -0.2) is 28.1 Å². The van der Waals surface area contributed by atoms with Gasteiger partial charge in [-0.3, -0.25) is 4.79 Å². The summed E-state index contributed by atoms with van der Waals surface area (Å²) in [6.07, 6.45) is 4.94. The summed E-state index contributed by atoms with van der Waals surface area (Å²) >= 11 is 1.40. The van der Waals surface area contributed by atoms with Gasteiger partial charge in [-0.05, 0) is 32.1 Å². The molecule has 0 bridgehead atoms. The highest BCUT2D eigenvalue weighted by atomic mass is 32.1. The summed E-state index contributed by atoms with van der Waals surface area (Å²) in [7, 11) is 0. The molecule has 2 N–H and O–H groups in total. The van der Waals surface area contributed by atoms with E-state index in [2.05, 4.69) is 10.3 Å². The van der Waals surface area contributed by atoms with Crippen molar-refractivity contribution in [1.29, 1.82) is 0 Å². The Hall–Kier alpha value is -0.940. The molecule has 0 radical (unpaired) electrons. The van der Waals surface area contributed by atoms with Crippen LogP contribution in [0.5, 0.6) is 0 Å². The Morgan fingerprint density at radius 2 is 2.35 bits per heavy atom. The predicted octanol–water partition coefficient (Wildman–Crippen LogP) is 1.67. The minimum atomic E-state index is -0.653. The fourth-order valence-electron chi connectivity index (χ4n) is 2.16. The van der Waals surface area contributed by atoms with Crippen LogP contribution in [0.15, 0.2) is 5.51 Å². The van der Waals surface area contributed by atoms with Gasteiger partial charge in [0.2, 0.25) is 0 Å². The summed E-state index contributed by atoms with van der Waals surface area (Å²) in [5, 5.41) is 12.8. The molecule has 2 saturated carbocycles. The Balaban J connectivity index is 1.63. The third-order valence-electron chi connectivity index (χ3n) is 3.63. The molecule has 0 aromatic carbocycles. The van der Waals surface area contributed by atoms with Crippen LogP contribution >= 0.6 is 11.3 Å². The van der Waals surface area contributed by atoms with E-state index in [0.29, 0.717) is 12.5 Å². The maximum Gasteiger partial charge on any atom is 0.263 e. The summed E-state index contributed by atoms with van der Waals surface area (Å²) in [6, 6.07) is 0. The Kier molecular flexibility index (Phi) is 2.67. The van der Waals surface area contributed by atoms with Crippen molar-refractivity contribution in [2.45, 2.75) is 43.6 Å². The quantitative estimate of drug-likeness (QED) is 0.856. The van der Waals surface area contributed by atoms with Crippen LogP contribution in [0, 0.1) is 0 Å². The molecule has 2 fully saturated rings. The highest BCUT2D eigenvalue weighted by Crippen LogP contribution is 2.41. The molecular formula is C12H16N2O2S. The van der Waals surface area contributed by atoms with Crippen molar-refractivity contribution in [1.82, 2.24) is 10.3 Å². The highest BCUT2D eigenvalue weighted by Gasteiger charge is 2.35. The molecular weight excluding hydrogens is 236 g/mol. The van der Waals surface area contributed by atoms with Crippen molar-refractivity contribution in [3.05, 3.63) is 16.1 Å². The van der Waals surface area contributed by atoms with Gasteiger partial charge in [0.15, 0.2) is 0 Å². The second kappa shape index (κ2) is 4.07. The van der Waals surface area contributed by atoms with Crippen molar-refractivity contribution < 1.29 is 9.90 Å². The van der Waals surface area contributed by atoms with E-state index in [0.717, 1.165) is 42.7 Å². The molecule has 0 unspecified atom stereocenters. The minimum Gasteiger partial charge on any atom is -0.388 e. The number of nitrogens with one attached hydrogen (secondary N) is 1. The Morgan fingerprint density at radius 1 is 1.59 bits per heavy atom. The van der Waals surface area contributed by atoms with E-state index >= 15 is 0 Å². The number of hydrogen-bond donors (Lipinski definition) is 2. The van der Waals surface area contributed by atoms with E-state index < -0.39 is 5.60 Å². The lowest BCUT2D eigenvalue weighted by Crippen LogP contribution is -2.47. The average molecular weight is 252 g/mol. The topological polar surface area (TPSA) is 62.2 Å². The maximum atomic E-state index is 12.0. The molecule has 1 aromatic heterocycles. The van der Waals surface area contributed by atoms with Gasteiger partial charge in [0.1, 0.15) is 4.88 Å². The molecule has 0 aliphatic heterocycles. The van der Waals surface area contributed by atoms with Gasteiger partial charge in [-0.2, -0.15) is 0 Å². The fraction of sp³-hybridized carbons (Fsp3) is 0.667. The van der Waals surface area contributed by atoms with E-state index in [9.17, 15) is 9.90 Å². The number of rotatable bonds is 4. The number of nitrogens with zero attached hydrogens (tertiary/aromatic N) is 1. The second-order valence-corrected chi connectivity index (χ2v) is 5.96. The molecule has 5 heteroatoms. The van der Waals surface area contributed by atoms with Gasteiger partial charge in [-0.15, -0.1) is 11.3 Å². The lowest BCUT2D eigenvalue weighted by atomic mass is 9.80. The summed E-state index contributed by atoms with van der Waals surface area (Å²) in [6.45, 7) is 0.369. The zero-order chi connectivity index (χ0) is 11.9. The van der Waals surface area contributed by atoms with Gasteiger partial charge in [-0.1, -0.05) is 0 Å². The number of carbonyl (C=O) groups is 1. The number of hydrogen-bond acceptors (Lipinski definition) is 4. The molecule has 2 aliphatic rings. The van der Waals surface area contributed by atoms with Crippen LogP contribution in [0.2, 0.25) is 0 Å². The van der Waals surface area contributed by atoms with Crippen LogP contribution in [0.25, 0.3) is 0 Å². The zero-order valence-corrected chi connectivity index (χ0v) is 10.4. The Morgan fingerprint density at radius 3 is 2.94 bits per heavy atom.